The fraction of sp³-hybridized carbons (Fsp3) is 0.333. The maximum atomic E-state index is 13.4. The van der Waals surface area contributed by atoms with Crippen molar-refractivity contribution >= 4 is 17.8 Å². The van der Waals surface area contributed by atoms with Gasteiger partial charge in [0.25, 0.3) is 0 Å². The average molecular weight is 321 g/mol. The van der Waals surface area contributed by atoms with E-state index in [4.69, 9.17) is 4.52 Å². The monoisotopic (exact) mass is 321 g/mol. The molecule has 0 saturated carbocycles. The van der Waals surface area contributed by atoms with Crippen LogP contribution in [-0.4, -0.2) is 16.9 Å². The number of thioether (sulfide) groups is 1. The van der Waals surface area contributed by atoms with E-state index >= 15 is 0 Å². The number of amides is 2. The van der Waals surface area contributed by atoms with E-state index in [-0.39, 0.29) is 24.4 Å². The number of halogens is 1. The van der Waals surface area contributed by atoms with Crippen molar-refractivity contribution in [2.45, 2.75) is 30.8 Å². The van der Waals surface area contributed by atoms with Crippen molar-refractivity contribution in [1.82, 2.24) is 15.8 Å². The van der Waals surface area contributed by atoms with Crippen LogP contribution in [0.4, 0.5) is 9.18 Å². The second-order valence-electron chi connectivity index (χ2n) is 5.13. The Morgan fingerprint density at radius 2 is 2.36 bits per heavy atom. The first-order chi connectivity index (χ1) is 10.6. The molecule has 0 aliphatic carbocycles. The summed E-state index contributed by atoms with van der Waals surface area (Å²) in [5.41, 5.74) is 1.60. The number of aromatic nitrogens is 1. The third-order valence-electron chi connectivity index (χ3n) is 3.42. The molecule has 1 aromatic carbocycles. The van der Waals surface area contributed by atoms with E-state index in [2.05, 4.69) is 15.8 Å². The minimum absolute atomic E-state index is 0.177. The molecule has 7 heteroatoms. The summed E-state index contributed by atoms with van der Waals surface area (Å²) in [4.78, 5) is 13.0. The van der Waals surface area contributed by atoms with E-state index in [0.717, 1.165) is 28.3 Å². The standard InChI is InChI=1S/C15H16FN3O2S/c1-9-6-11(21-19-9)8-17-15(20)18-13-4-5-22-14-3-2-10(16)7-12(13)14/h2-3,6-7,13H,4-5,8H2,1H3,(H2,17,18,20). The first kappa shape index (κ1) is 14.9. The van der Waals surface area contributed by atoms with Crippen molar-refractivity contribution in [1.29, 1.82) is 0 Å². The largest absolute Gasteiger partial charge is 0.359 e. The highest BCUT2D eigenvalue weighted by molar-refractivity contribution is 7.99. The lowest BCUT2D eigenvalue weighted by molar-refractivity contribution is 0.234. The third kappa shape index (κ3) is 3.41. The number of benzene rings is 1. The van der Waals surface area contributed by atoms with Crippen LogP contribution in [0.1, 0.15) is 29.5 Å². The minimum atomic E-state index is -0.304. The van der Waals surface area contributed by atoms with Crippen LogP contribution < -0.4 is 10.6 Å². The second kappa shape index (κ2) is 6.39. The molecule has 1 aromatic heterocycles. The molecule has 116 valence electrons. The van der Waals surface area contributed by atoms with Crippen molar-refractivity contribution in [2.75, 3.05) is 5.75 Å². The first-order valence-electron chi connectivity index (χ1n) is 7.00. The molecule has 1 atom stereocenters. The van der Waals surface area contributed by atoms with Gasteiger partial charge in [0.2, 0.25) is 0 Å². The number of urea groups is 1. The highest BCUT2D eigenvalue weighted by Gasteiger charge is 2.22. The summed E-state index contributed by atoms with van der Waals surface area (Å²) in [6, 6.07) is 5.98. The Bertz CT molecular complexity index is 689. The van der Waals surface area contributed by atoms with E-state index in [1.165, 1.54) is 12.1 Å². The van der Waals surface area contributed by atoms with Crippen LogP contribution in [0.3, 0.4) is 0 Å². The maximum absolute atomic E-state index is 13.4. The Kier molecular flexibility index (Phi) is 4.33. The van der Waals surface area contributed by atoms with Gasteiger partial charge in [-0.15, -0.1) is 11.8 Å². The van der Waals surface area contributed by atoms with Gasteiger partial charge in [0.1, 0.15) is 5.82 Å². The number of aryl methyl sites for hydroxylation is 1. The van der Waals surface area contributed by atoms with Crippen LogP contribution >= 0.6 is 11.8 Å². The summed E-state index contributed by atoms with van der Waals surface area (Å²) in [7, 11) is 0. The molecule has 1 aliphatic rings. The number of hydrogen-bond donors (Lipinski definition) is 2. The summed E-state index contributed by atoms with van der Waals surface area (Å²) in [5, 5.41) is 9.37. The summed E-state index contributed by atoms with van der Waals surface area (Å²) >= 11 is 1.68. The normalized spacial score (nSPS) is 16.9. The number of carbonyl (C=O) groups excluding carboxylic acids is 1. The molecule has 2 amide bonds. The Morgan fingerprint density at radius 1 is 1.50 bits per heavy atom. The van der Waals surface area contributed by atoms with Crippen molar-refractivity contribution in [3.63, 3.8) is 0 Å². The number of nitrogens with one attached hydrogen (secondary N) is 2. The predicted molar refractivity (Wildman–Crippen MR) is 81.1 cm³/mol. The van der Waals surface area contributed by atoms with E-state index in [1.54, 1.807) is 23.9 Å². The topological polar surface area (TPSA) is 67.2 Å². The second-order valence-corrected chi connectivity index (χ2v) is 6.27. The van der Waals surface area contributed by atoms with Gasteiger partial charge >= 0.3 is 6.03 Å². The molecule has 0 fully saturated rings. The van der Waals surface area contributed by atoms with Crippen LogP contribution in [0.15, 0.2) is 33.7 Å². The highest BCUT2D eigenvalue weighted by Crippen LogP contribution is 2.36. The lowest BCUT2D eigenvalue weighted by Gasteiger charge is -2.26. The minimum Gasteiger partial charge on any atom is -0.359 e. The van der Waals surface area contributed by atoms with Crippen LogP contribution in [0, 0.1) is 12.7 Å². The Morgan fingerprint density at radius 3 is 3.14 bits per heavy atom. The Hall–Kier alpha value is -2.02. The Labute approximate surface area is 131 Å². The lowest BCUT2D eigenvalue weighted by atomic mass is 10.0. The molecule has 0 spiro atoms. The molecule has 5 nitrogen and oxygen atoms in total. The fourth-order valence-electron chi connectivity index (χ4n) is 2.39. The molecular weight excluding hydrogens is 305 g/mol. The van der Waals surface area contributed by atoms with Crippen molar-refractivity contribution in [2.24, 2.45) is 0 Å². The maximum Gasteiger partial charge on any atom is 0.315 e. The summed E-state index contributed by atoms with van der Waals surface area (Å²) in [6.07, 6.45) is 0.774. The molecule has 3 rings (SSSR count). The molecule has 2 heterocycles. The molecule has 2 N–H and O–H groups in total. The first-order valence-corrected chi connectivity index (χ1v) is 7.99. The molecular formula is C15H16FN3O2S. The van der Waals surface area contributed by atoms with Gasteiger partial charge in [-0.1, -0.05) is 5.16 Å². The van der Waals surface area contributed by atoms with Gasteiger partial charge in [-0.25, -0.2) is 9.18 Å². The number of hydrogen-bond acceptors (Lipinski definition) is 4. The number of carbonyl (C=O) groups is 1. The molecule has 0 bridgehead atoms. The van der Waals surface area contributed by atoms with Crippen molar-refractivity contribution in [3.8, 4) is 0 Å². The highest BCUT2D eigenvalue weighted by atomic mass is 32.2. The van der Waals surface area contributed by atoms with E-state index in [0.29, 0.717) is 5.76 Å². The third-order valence-corrected chi connectivity index (χ3v) is 4.54. The van der Waals surface area contributed by atoms with Crippen molar-refractivity contribution < 1.29 is 13.7 Å². The van der Waals surface area contributed by atoms with Crippen LogP contribution in [0.2, 0.25) is 0 Å². The summed E-state index contributed by atoms with van der Waals surface area (Å²) in [6.45, 7) is 2.09. The predicted octanol–water partition coefficient (Wildman–Crippen LogP) is 3.16. The van der Waals surface area contributed by atoms with Gasteiger partial charge in [-0.05, 0) is 37.1 Å². The molecule has 22 heavy (non-hydrogen) atoms. The summed E-state index contributed by atoms with van der Waals surface area (Å²) < 4.78 is 18.5. The fourth-order valence-corrected chi connectivity index (χ4v) is 3.50. The SMILES string of the molecule is Cc1cc(CNC(=O)NC2CCSc3ccc(F)cc32)on1. The van der Waals surface area contributed by atoms with Crippen LogP contribution in [-0.2, 0) is 6.54 Å². The van der Waals surface area contributed by atoms with Crippen LogP contribution in [0.25, 0.3) is 0 Å². The van der Waals surface area contributed by atoms with Crippen LogP contribution in [0.5, 0.6) is 0 Å². The molecule has 0 radical (unpaired) electrons. The van der Waals surface area contributed by atoms with Gasteiger partial charge in [0, 0.05) is 16.7 Å². The van der Waals surface area contributed by atoms with Gasteiger partial charge in [0.05, 0.1) is 18.3 Å². The zero-order valence-electron chi connectivity index (χ0n) is 12.1. The Balaban J connectivity index is 1.61. The summed E-state index contributed by atoms with van der Waals surface area (Å²) in [5.74, 6) is 1.20. The van der Waals surface area contributed by atoms with Gasteiger partial charge in [-0.3, -0.25) is 0 Å². The number of fused-ring (bicyclic) bond motifs is 1. The van der Waals surface area contributed by atoms with E-state index in [1.807, 2.05) is 6.92 Å². The van der Waals surface area contributed by atoms with Crippen molar-refractivity contribution in [3.05, 3.63) is 47.1 Å². The molecule has 2 aromatic rings. The van der Waals surface area contributed by atoms with E-state index < -0.39 is 0 Å². The van der Waals surface area contributed by atoms with Gasteiger partial charge in [0.15, 0.2) is 5.76 Å². The quantitative estimate of drug-likeness (QED) is 0.911. The van der Waals surface area contributed by atoms with Gasteiger partial charge < -0.3 is 15.2 Å². The lowest BCUT2D eigenvalue weighted by Crippen LogP contribution is -2.38. The average Bonchev–Trinajstić information content (AvgIpc) is 2.91. The zero-order valence-corrected chi connectivity index (χ0v) is 12.9. The van der Waals surface area contributed by atoms with Gasteiger partial charge in [-0.2, -0.15) is 0 Å². The molecule has 1 aliphatic heterocycles. The molecule has 1 unspecified atom stereocenters. The molecule has 0 saturated heterocycles. The van der Waals surface area contributed by atoms with E-state index in [9.17, 15) is 9.18 Å². The number of rotatable bonds is 3. The number of nitrogens with zero attached hydrogens (tertiary/aromatic N) is 1. The zero-order chi connectivity index (χ0) is 15.5. The smallest absolute Gasteiger partial charge is 0.315 e.